The largest absolute Gasteiger partial charge is 0.345 e. The summed E-state index contributed by atoms with van der Waals surface area (Å²) in [6.45, 7) is 1.99. The van der Waals surface area contributed by atoms with E-state index in [-0.39, 0.29) is 4.90 Å². The number of anilines is 1. The molecule has 8 heteroatoms. The highest BCUT2D eigenvalue weighted by atomic mass is 32.2. The topological polar surface area (TPSA) is 87.7 Å². The van der Waals surface area contributed by atoms with E-state index in [9.17, 15) is 8.42 Å². The third-order valence-corrected chi connectivity index (χ3v) is 5.87. The number of nitrogens with one attached hydrogen (secondary N) is 2. The number of nitrogens with zero attached hydrogens (tertiary/aromatic N) is 2. The van der Waals surface area contributed by atoms with Crippen LogP contribution >= 0.6 is 11.3 Å². The summed E-state index contributed by atoms with van der Waals surface area (Å²) in [6, 6.07) is 10.6. The molecule has 6 nitrogen and oxygen atoms in total. The molecule has 2 aromatic carbocycles. The third kappa shape index (κ3) is 2.55. The Morgan fingerprint density at radius 3 is 2.83 bits per heavy atom. The monoisotopic (exact) mass is 344 g/mol. The number of hydrogen-bond donors (Lipinski definition) is 2. The molecular formula is C15H12N4O2S2. The fourth-order valence-electron chi connectivity index (χ4n) is 2.33. The molecule has 0 unspecified atom stereocenters. The van der Waals surface area contributed by atoms with Gasteiger partial charge in [0.2, 0.25) is 0 Å². The number of fused-ring (bicyclic) bond motifs is 2. The number of aromatic amines is 1. The van der Waals surface area contributed by atoms with E-state index in [0.29, 0.717) is 10.6 Å². The highest BCUT2D eigenvalue weighted by molar-refractivity contribution is 7.93. The lowest BCUT2D eigenvalue weighted by molar-refractivity contribution is 0.601. The number of hydrogen-bond acceptors (Lipinski definition) is 5. The Labute approximate surface area is 136 Å². The summed E-state index contributed by atoms with van der Waals surface area (Å²) in [6.07, 6.45) is 1.53. The zero-order chi connectivity index (χ0) is 16.0. The minimum absolute atomic E-state index is 0.171. The number of rotatable bonds is 3. The number of aromatic nitrogens is 3. The molecule has 0 radical (unpaired) electrons. The number of aryl methyl sites for hydroxylation is 1. The Bertz CT molecular complexity index is 1130. The molecule has 23 heavy (non-hydrogen) atoms. The van der Waals surface area contributed by atoms with E-state index in [4.69, 9.17) is 0 Å². The lowest BCUT2D eigenvalue weighted by Gasteiger charge is -2.04. The maximum atomic E-state index is 12.5. The number of thiazole rings is 1. The van der Waals surface area contributed by atoms with E-state index in [1.165, 1.54) is 23.7 Å². The first-order chi connectivity index (χ1) is 11.0. The fourth-order valence-corrected chi connectivity index (χ4v) is 4.56. The van der Waals surface area contributed by atoms with Crippen LogP contribution in [0.2, 0.25) is 0 Å². The number of imidazole rings is 1. The normalized spacial score (nSPS) is 12.0. The van der Waals surface area contributed by atoms with Gasteiger partial charge in [-0.3, -0.25) is 4.72 Å². The second-order valence-corrected chi connectivity index (χ2v) is 7.89. The van der Waals surface area contributed by atoms with Gasteiger partial charge in [0.15, 0.2) is 5.13 Å². The Kier molecular flexibility index (Phi) is 3.10. The zero-order valence-corrected chi connectivity index (χ0v) is 13.7. The summed E-state index contributed by atoms with van der Waals surface area (Å²) < 4.78 is 28.6. The molecule has 116 valence electrons. The first kappa shape index (κ1) is 14.2. The highest BCUT2D eigenvalue weighted by Gasteiger charge is 2.17. The van der Waals surface area contributed by atoms with Crippen molar-refractivity contribution >= 4 is 47.7 Å². The molecular weight excluding hydrogens is 332 g/mol. The second kappa shape index (κ2) is 5.04. The van der Waals surface area contributed by atoms with Crippen molar-refractivity contribution in [3.05, 3.63) is 48.3 Å². The molecule has 0 aliphatic heterocycles. The van der Waals surface area contributed by atoms with Gasteiger partial charge in [-0.25, -0.2) is 18.4 Å². The van der Waals surface area contributed by atoms with Crippen LogP contribution in [0.5, 0.6) is 0 Å². The molecule has 0 fully saturated rings. The molecule has 0 saturated carbocycles. The molecule has 2 N–H and O–H groups in total. The van der Waals surface area contributed by atoms with Crippen LogP contribution in [0.3, 0.4) is 0 Å². The molecule has 0 aliphatic carbocycles. The quantitative estimate of drug-likeness (QED) is 0.597. The van der Waals surface area contributed by atoms with Gasteiger partial charge in [-0.2, -0.15) is 0 Å². The molecule has 2 heterocycles. The van der Waals surface area contributed by atoms with Crippen LogP contribution in [0.1, 0.15) is 5.56 Å². The molecule has 0 saturated heterocycles. The van der Waals surface area contributed by atoms with E-state index in [0.717, 1.165) is 21.3 Å². The lowest BCUT2D eigenvalue weighted by atomic mass is 10.2. The fraction of sp³-hybridized carbons (Fsp3) is 0.0667. The van der Waals surface area contributed by atoms with E-state index < -0.39 is 10.0 Å². The molecule has 2 aromatic heterocycles. The zero-order valence-electron chi connectivity index (χ0n) is 12.1. The summed E-state index contributed by atoms with van der Waals surface area (Å²) in [4.78, 5) is 11.5. The highest BCUT2D eigenvalue weighted by Crippen LogP contribution is 2.28. The van der Waals surface area contributed by atoms with Crippen molar-refractivity contribution < 1.29 is 8.42 Å². The van der Waals surface area contributed by atoms with Crippen molar-refractivity contribution in [3.8, 4) is 0 Å². The Hall–Kier alpha value is -2.45. The Balaban J connectivity index is 1.72. The second-order valence-electron chi connectivity index (χ2n) is 5.18. The summed E-state index contributed by atoms with van der Waals surface area (Å²) in [5.41, 5.74) is 3.29. The van der Waals surface area contributed by atoms with Gasteiger partial charge < -0.3 is 4.98 Å². The van der Waals surface area contributed by atoms with Crippen LogP contribution < -0.4 is 4.72 Å². The minimum Gasteiger partial charge on any atom is -0.345 e. The summed E-state index contributed by atoms with van der Waals surface area (Å²) in [5, 5.41) is 0.357. The summed E-state index contributed by atoms with van der Waals surface area (Å²) in [7, 11) is -3.69. The SMILES string of the molecule is Cc1ccc2nc(NS(=O)(=O)c3ccc4nc[nH]c4c3)sc2c1. The molecule has 0 aliphatic rings. The van der Waals surface area contributed by atoms with E-state index in [2.05, 4.69) is 19.7 Å². The Morgan fingerprint density at radius 1 is 1.13 bits per heavy atom. The number of H-pyrrole nitrogens is 1. The van der Waals surface area contributed by atoms with Crippen LogP contribution in [0, 0.1) is 6.92 Å². The maximum absolute atomic E-state index is 12.5. The first-order valence-electron chi connectivity index (χ1n) is 6.84. The van der Waals surface area contributed by atoms with Crippen molar-refractivity contribution in [2.24, 2.45) is 0 Å². The third-order valence-electron chi connectivity index (χ3n) is 3.47. The van der Waals surface area contributed by atoms with Gasteiger partial charge in [0, 0.05) is 0 Å². The molecule has 0 amide bonds. The predicted molar refractivity (Wildman–Crippen MR) is 91.3 cm³/mol. The smallest absolute Gasteiger partial charge is 0.263 e. The van der Waals surface area contributed by atoms with E-state index in [1.54, 1.807) is 12.1 Å². The minimum atomic E-state index is -3.69. The van der Waals surface area contributed by atoms with Crippen LogP contribution in [0.15, 0.2) is 47.6 Å². The molecule has 4 aromatic rings. The van der Waals surface area contributed by atoms with Crippen molar-refractivity contribution in [3.63, 3.8) is 0 Å². The van der Waals surface area contributed by atoms with Gasteiger partial charge in [-0.1, -0.05) is 17.4 Å². The van der Waals surface area contributed by atoms with Gasteiger partial charge in [0.05, 0.1) is 32.5 Å². The average Bonchev–Trinajstić information content (AvgIpc) is 3.11. The van der Waals surface area contributed by atoms with E-state index in [1.807, 2.05) is 25.1 Å². The average molecular weight is 344 g/mol. The predicted octanol–water partition coefficient (Wildman–Crippen LogP) is 3.28. The summed E-state index contributed by atoms with van der Waals surface area (Å²) >= 11 is 1.32. The number of sulfonamides is 1. The molecule has 0 spiro atoms. The Morgan fingerprint density at radius 2 is 1.96 bits per heavy atom. The van der Waals surface area contributed by atoms with Gasteiger partial charge in [-0.15, -0.1) is 0 Å². The van der Waals surface area contributed by atoms with Crippen molar-refractivity contribution in [2.45, 2.75) is 11.8 Å². The van der Waals surface area contributed by atoms with Gasteiger partial charge >= 0.3 is 0 Å². The number of benzene rings is 2. The van der Waals surface area contributed by atoms with Gasteiger partial charge in [-0.05, 0) is 42.8 Å². The lowest BCUT2D eigenvalue weighted by Crippen LogP contribution is -2.12. The van der Waals surface area contributed by atoms with Crippen molar-refractivity contribution in [1.29, 1.82) is 0 Å². The van der Waals surface area contributed by atoms with Crippen LogP contribution in [-0.4, -0.2) is 23.4 Å². The van der Waals surface area contributed by atoms with Crippen molar-refractivity contribution in [2.75, 3.05) is 4.72 Å². The van der Waals surface area contributed by atoms with Gasteiger partial charge in [0.1, 0.15) is 0 Å². The standard InChI is InChI=1S/C15H12N4O2S2/c1-9-2-4-12-14(6-9)22-15(18-12)19-23(20,21)10-3-5-11-13(7-10)17-8-16-11/h2-8H,1H3,(H,16,17)(H,18,19). The van der Waals surface area contributed by atoms with Crippen LogP contribution in [0.25, 0.3) is 21.3 Å². The van der Waals surface area contributed by atoms with Crippen molar-refractivity contribution in [1.82, 2.24) is 15.0 Å². The van der Waals surface area contributed by atoms with E-state index >= 15 is 0 Å². The van der Waals surface area contributed by atoms with Crippen LogP contribution in [-0.2, 0) is 10.0 Å². The summed E-state index contributed by atoms with van der Waals surface area (Å²) in [5.74, 6) is 0. The maximum Gasteiger partial charge on any atom is 0.263 e. The molecule has 4 rings (SSSR count). The van der Waals surface area contributed by atoms with Gasteiger partial charge in [0.25, 0.3) is 10.0 Å². The van der Waals surface area contributed by atoms with Crippen LogP contribution in [0.4, 0.5) is 5.13 Å². The first-order valence-corrected chi connectivity index (χ1v) is 9.14. The molecule has 0 atom stereocenters. The molecule has 0 bridgehead atoms.